The standard InChI is InChI=1S/C10H13NO2S/c1-10(2,3)13-9(12)11-7-8-5-4-6-14-8/h4-7H,1-3H3/b11-7+. The van der Waals surface area contributed by atoms with Crippen molar-refractivity contribution in [2.45, 2.75) is 26.4 Å². The summed E-state index contributed by atoms with van der Waals surface area (Å²) < 4.78 is 5.00. The number of hydrogen-bond donors (Lipinski definition) is 0. The quantitative estimate of drug-likeness (QED) is 0.669. The van der Waals surface area contributed by atoms with Crippen LogP contribution in [0.4, 0.5) is 4.79 Å². The number of hydrogen-bond acceptors (Lipinski definition) is 3. The minimum absolute atomic E-state index is 0.482. The number of carbonyl (C=O) groups is 1. The number of carbonyl (C=O) groups excluding carboxylic acids is 1. The monoisotopic (exact) mass is 211 g/mol. The average molecular weight is 211 g/mol. The van der Waals surface area contributed by atoms with Crippen LogP contribution in [0.15, 0.2) is 22.5 Å². The van der Waals surface area contributed by atoms with Gasteiger partial charge in [-0.1, -0.05) is 6.07 Å². The SMILES string of the molecule is CC(C)(C)OC(=O)/N=C/c1cccs1. The Kier molecular flexibility index (Phi) is 3.41. The zero-order chi connectivity index (χ0) is 10.6. The maximum absolute atomic E-state index is 11.1. The van der Waals surface area contributed by atoms with Crippen LogP contribution in [0.25, 0.3) is 0 Å². The van der Waals surface area contributed by atoms with E-state index < -0.39 is 11.7 Å². The molecule has 0 radical (unpaired) electrons. The third-order valence-electron chi connectivity index (χ3n) is 1.23. The highest BCUT2D eigenvalue weighted by atomic mass is 32.1. The van der Waals surface area contributed by atoms with E-state index >= 15 is 0 Å². The Morgan fingerprint density at radius 1 is 1.57 bits per heavy atom. The Hall–Kier alpha value is -1.16. The first kappa shape index (κ1) is 10.9. The lowest BCUT2D eigenvalue weighted by Crippen LogP contribution is -2.21. The molecule has 1 heterocycles. The Bertz CT molecular complexity index is 322. The molecular formula is C10H13NO2S. The van der Waals surface area contributed by atoms with E-state index in [1.807, 2.05) is 38.3 Å². The van der Waals surface area contributed by atoms with Gasteiger partial charge in [-0.05, 0) is 32.2 Å². The molecule has 1 amide bonds. The number of amides is 1. The molecule has 0 unspecified atom stereocenters. The highest BCUT2D eigenvalue weighted by Gasteiger charge is 2.14. The van der Waals surface area contributed by atoms with Gasteiger partial charge in [-0.25, -0.2) is 4.79 Å². The molecule has 3 nitrogen and oxygen atoms in total. The topological polar surface area (TPSA) is 38.7 Å². The minimum Gasteiger partial charge on any atom is -0.442 e. The maximum Gasteiger partial charge on any atom is 0.434 e. The largest absolute Gasteiger partial charge is 0.442 e. The third kappa shape index (κ3) is 4.18. The highest BCUT2D eigenvalue weighted by molar-refractivity contribution is 7.11. The summed E-state index contributed by atoms with van der Waals surface area (Å²) in [6.45, 7) is 5.43. The fourth-order valence-electron chi connectivity index (χ4n) is 0.769. The van der Waals surface area contributed by atoms with E-state index in [1.54, 1.807) is 0 Å². The number of nitrogens with zero attached hydrogens (tertiary/aromatic N) is 1. The van der Waals surface area contributed by atoms with Crippen molar-refractivity contribution in [1.29, 1.82) is 0 Å². The fraction of sp³-hybridized carbons (Fsp3) is 0.400. The van der Waals surface area contributed by atoms with Crippen molar-refractivity contribution in [1.82, 2.24) is 0 Å². The van der Waals surface area contributed by atoms with Gasteiger partial charge in [0.25, 0.3) is 0 Å². The summed E-state index contributed by atoms with van der Waals surface area (Å²) in [7, 11) is 0. The Balaban J connectivity index is 2.49. The molecular weight excluding hydrogens is 198 g/mol. The van der Waals surface area contributed by atoms with Crippen molar-refractivity contribution in [2.75, 3.05) is 0 Å². The number of thiophene rings is 1. The third-order valence-corrected chi connectivity index (χ3v) is 2.04. The maximum atomic E-state index is 11.1. The molecule has 0 atom stereocenters. The first-order valence-corrected chi connectivity index (χ1v) is 5.16. The molecule has 0 aliphatic heterocycles. The van der Waals surface area contributed by atoms with Crippen LogP contribution in [0.1, 0.15) is 25.6 Å². The van der Waals surface area contributed by atoms with Crippen molar-refractivity contribution >= 4 is 23.6 Å². The fourth-order valence-corrected chi connectivity index (χ4v) is 1.35. The number of ether oxygens (including phenoxy) is 1. The van der Waals surface area contributed by atoms with E-state index in [-0.39, 0.29) is 0 Å². The van der Waals surface area contributed by atoms with E-state index in [4.69, 9.17) is 4.74 Å². The molecule has 0 aromatic carbocycles. The van der Waals surface area contributed by atoms with Crippen molar-refractivity contribution < 1.29 is 9.53 Å². The van der Waals surface area contributed by atoms with E-state index in [2.05, 4.69) is 4.99 Å². The normalized spacial score (nSPS) is 11.9. The van der Waals surface area contributed by atoms with Gasteiger partial charge in [0, 0.05) is 4.88 Å². The summed E-state index contributed by atoms with van der Waals surface area (Å²) in [5, 5.41) is 1.93. The average Bonchev–Trinajstić information content (AvgIpc) is 2.49. The lowest BCUT2D eigenvalue weighted by Gasteiger charge is -2.16. The van der Waals surface area contributed by atoms with Gasteiger partial charge < -0.3 is 4.74 Å². The molecule has 0 fully saturated rings. The molecule has 4 heteroatoms. The lowest BCUT2D eigenvalue weighted by molar-refractivity contribution is 0.0605. The van der Waals surface area contributed by atoms with Gasteiger partial charge in [0.05, 0.1) is 6.21 Å². The molecule has 0 aliphatic rings. The Morgan fingerprint density at radius 3 is 2.79 bits per heavy atom. The van der Waals surface area contributed by atoms with Crippen LogP contribution in [-0.2, 0) is 4.74 Å². The predicted molar refractivity (Wildman–Crippen MR) is 58.1 cm³/mol. The summed E-state index contributed by atoms with van der Waals surface area (Å²) in [6.07, 6.45) is 0.963. The molecule has 1 aromatic heterocycles. The second-order valence-corrected chi connectivity index (χ2v) is 4.73. The summed E-state index contributed by atoms with van der Waals surface area (Å²) >= 11 is 1.53. The van der Waals surface area contributed by atoms with E-state index in [9.17, 15) is 4.79 Å². The summed E-state index contributed by atoms with van der Waals surface area (Å²) in [5.74, 6) is 0. The van der Waals surface area contributed by atoms with E-state index in [0.717, 1.165) is 4.88 Å². The molecule has 0 bridgehead atoms. The van der Waals surface area contributed by atoms with Crippen LogP contribution in [0.5, 0.6) is 0 Å². The first-order chi connectivity index (χ1) is 6.47. The first-order valence-electron chi connectivity index (χ1n) is 4.28. The second kappa shape index (κ2) is 4.37. The smallest absolute Gasteiger partial charge is 0.434 e. The van der Waals surface area contributed by atoms with Gasteiger partial charge in [-0.3, -0.25) is 0 Å². The van der Waals surface area contributed by atoms with Gasteiger partial charge in [-0.15, -0.1) is 11.3 Å². The molecule has 76 valence electrons. The molecule has 14 heavy (non-hydrogen) atoms. The Labute approximate surface area is 87.4 Å². The summed E-state index contributed by atoms with van der Waals surface area (Å²) in [4.78, 5) is 15.8. The van der Waals surface area contributed by atoms with Crippen LogP contribution in [0, 0.1) is 0 Å². The molecule has 0 aliphatic carbocycles. The number of aliphatic imine (C=N–C) groups is 1. The van der Waals surface area contributed by atoms with Gasteiger partial charge in [0.2, 0.25) is 0 Å². The predicted octanol–water partition coefficient (Wildman–Crippen LogP) is 3.10. The van der Waals surface area contributed by atoms with Gasteiger partial charge in [0.1, 0.15) is 5.60 Å². The van der Waals surface area contributed by atoms with Crippen molar-refractivity contribution in [2.24, 2.45) is 4.99 Å². The molecule has 1 rings (SSSR count). The molecule has 0 N–H and O–H groups in total. The van der Waals surface area contributed by atoms with Crippen LogP contribution >= 0.6 is 11.3 Å². The summed E-state index contributed by atoms with van der Waals surface area (Å²) in [6, 6.07) is 3.79. The van der Waals surface area contributed by atoms with Crippen molar-refractivity contribution in [3.63, 3.8) is 0 Å². The van der Waals surface area contributed by atoms with Crippen LogP contribution in [-0.4, -0.2) is 17.9 Å². The van der Waals surface area contributed by atoms with Crippen LogP contribution < -0.4 is 0 Å². The molecule has 0 saturated heterocycles. The van der Waals surface area contributed by atoms with E-state index in [0.29, 0.717) is 0 Å². The van der Waals surface area contributed by atoms with Gasteiger partial charge in [0.15, 0.2) is 0 Å². The van der Waals surface area contributed by atoms with Crippen LogP contribution in [0.3, 0.4) is 0 Å². The van der Waals surface area contributed by atoms with Gasteiger partial charge >= 0.3 is 6.09 Å². The molecule has 0 saturated carbocycles. The number of rotatable bonds is 1. The van der Waals surface area contributed by atoms with Crippen LogP contribution in [0.2, 0.25) is 0 Å². The van der Waals surface area contributed by atoms with Gasteiger partial charge in [-0.2, -0.15) is 4.99 Å². The second-order valence-electron chi connectivity index (χ2n) is 3.75. The summed E-state index contributed by atoms with van der Waals surface area (Å²) in [5.41, 5.74) is -0.482. The molecule has 1 aromatic rings. The Morgan fingerprint density at radius 2 is 2.29 bits per heavy atom. The lowest BCUT2D eigenvalue weighted by atomic mass is 10.2. The molecule has 0 spiro atoms. The highest BCUT2D eigenvalue weighted by Crippen LogP contribution is 2.09. The van der Waals surface area contributed by atoms with Crippen molar-refractivity contribution in [3.05, 3.63) is 22.4 Å². The minimum atomic E-state index is -0.550. The zero-order valence-corrected chi connectivity index (χ0v) is 9.30. The zero-order valence-electron chi connectivity index (χ0n) is 8.48. The van der Waals surface area contributed by atoms with E-state index in [1.165, 1.54) is 17.6 Å². The van der Waals surface area contributed by atoms with Crippen molar-refractivity contribution in [3.8, 4) is 0 Å².